The topological polar surface area (TPSA) is 55.8 Å². The molecule has 0 aliphatic rings. The van der Waals surface area contributed by atoms with Crippen LogP contribution in [0, 0.1) is 0 Å². The molecule has 2 aromatic carbocycles. The zero-order valence-corrected chi connectivity index (χ0v) is 15.3. The second-order valence-corrected chi connectivity index (χ2v) is 5.80. The van der Waals surface area contributed by atoms with Gasteiger partial charge in [0.15, 0.2) is 0 Å². The second-order valence-electron chi connectivity index (χ2n) is 5.12. The zero-order chi connectivity index (χ0) is 18.4. The van der Waals surface area contributed by atoms with Gasteiger partial charge < -0.3 is 14.4 Å². The Morgan fingerprint density at radius 2 is 1.76 bits per heavy atom. The molecule has 0 spiro atoms. The van der Waals surface area contributed by atoms with Crippen molar-refractivity contribution in [2.75, 3.05) is 25.0 Å². The Bertz CT molecular complexity index is 762. The molecule has 0 saturated carbocycles. The summed E-state index contributed by atoms with van der Waals surface area (Å²) in [5.74, 6) is -0.311. The van der Waals surface area contributed by atoms with Crippen LogP contribution in [0.1, 0.15) is 15.9 Å². The highest BCUT2D eigenvalue weighted by Gasteiger charge is 2.17. The van der Waals surface area contributed by atoms with Gasteiger partial charge in [0.1, 0.15) is 11.6 Å². The quantitative estimate of drug-likeness (QED) is 0.562. The largest absolute Gasteiger partial charge is 0.495 e. The molecule has 0 heterocycles. The second kappa shape index (κ2) is 8.74. The standard InChI is InChI=1S/C18H17Cl2NO4/c1-24-16-8-3-12(9-15(16)20)11-21(17(22)10-19)14-6-4-13(5-7-14)18(23)25-2/h3-9H,10-11H2,1-2H3. The van der Waals surface area contributed by atoms with E-state index in [1.54, 1.807) is 36.4 Å². The molecule has 0 N–H and O–H groups in total. The SMILES string of the molecule is COC(=O)c1ccc(N(Cc2ccc(OC)c(Cl)c2)C(=O)CCl)cc1. The van der Waals surface area contributed by atoms with Crippen molar-refractivity contribution < 1.29 is 19.1 Å². The maximum Gasteiger partial charge on any atom is 0.337 e. The van der Waals surface area contributed by atoms with E-state index in [0.717, 1.165) is 5.56 Å². The average Bonchev–Trinajstić information content (AvgIpc) is 2.65. The number of carbonyl (C=O) groups excluding carboxylic acids is 2. The van der Waals surface area contributed by atoms with Gasteiger partial charge in [-0.05, 0) is 42.0 Å². The van der Waals surface area contributed by atoms with Crippen molar-refractivity contribution in [2.24, 2.45) is 0 Å². The van der Waals surface area contributed by atoms with Crippen molar-refractivity contribution in [3.63, 3.8) is 0 Å². The number of rotatable bonds is 6. The summed E-state index contributed by atoms with van der Waals surface area (Å²) in [6.45, 7) is 0.285. The van der Waals surface area contributed by atoms with E-state index in [1.165, 1.54) is 19.1 Å². The molecule has 132 valence electrons. The molecule has 0 aliphatic heterocycles. The minimum absolute atomic E-state index is 0.164. The van der Waals surface area contributed by atoms with Gasteiger partial charge in [-0.3, -0.25) is 4.79 Å². The first-order valence-electron chi connectivity index (χ1n) is 7.37. The molecule has 7 heteroatoms. The molecule has 0 bridgehead atoms. The molecule has 0 saturated heterocycles. The van der Waals surface area contributed by atoms with E-state index < -0.39 is 5.97 Å². The van der Waals surface area contributed by atoms with Gasteiger partial charge in [0, 0.05) is 5.69 Å². The van der Waals surface area contributed by atoms with Crippen LogP contribution in [-0.4, -0.2) is 32.0 Å². The molecule has 0 fully saturated rings. The third kappa shape index (κ3) is 4.65. The summed E-state index contributed by atoms with van der Waals surface area (Å²) in [7, 11) is 2.85. The lowest BCUT2D eigenvalue weighted by Crippen LogP contribution is -2.31. The van der Waals surface area contributed by atoms with E-state index >= 15 is 0 Å². The first-order chi connectivity index (χ1) is 12.0. The third-order valence-corrected chi connectivity index (χ3v) is 4.10. The Kier molecular flexibility index (Phi) is 6.67. The molecule has 0 aromatic heterocycles. The zero-order valence-electron chi connectivity index (χ0n) is 13.8. The van der Waals surface area contributed by atoms with Gasteiger partial charge in [0.25, 0.3) is 0 Å². The summed E-state index contributed by atoms with van der Waals surface area (Å²) < 4.78 is 9.80. The van der Waals surface area contributed by atoms with Crippen LogP contribution in [0.3, 0.4) is 0 Å². The molecular weight excluding hydrogens is 365 g/mol. The van der Waals surface area contributed by atoms with Crippen molar-refractivity contribution in [3.8, 4) is 5.75 Å². The van der Waals surface area contributed by atoms with Crippen LogP contribution in [0.2, 0.25) is 5.02 Å². The molecule has 5 nitrogen and oxygen atoms in total. The predicted octanol–water partition coefficient (Wildman–Crippen LogP) is 3.91. The van der Waals surface area contributed by atoms with E-state index in [4.69, 9.17) is 27.9 Å². The van der Waals surface area contributed by atoms with Gasteiger partial charge in [-0.25, -0.2) is 4.79 Å². The normalized spacial score (nSPS) is 10.2. The summed E-state index contributed by atoms with van der Waals surface area (Å²) in [6.07, 6.45) is 0. The maximum atomic E-state index is 12.2. The third-order valence-electron chi connectivity index (χ3n) is 3.57. The number of amides is 1. The predicted molar refractivity (Wildman–Crippen MR) is 97.7 cm³/mol. The fourth-order valence-electron chi connectivity index (χ4n) is 2.28. The fourth-order valence-corrected chi connectivity index (χ4v) is 2.71. The average molecular weight is 382 g/mol. The van der Waals surface area contributed by atoms with Gasteiger partial charge in [-0.1, -0.05) is 17.7 Å². The van der Waals surface area contributed by atoms with Crippen LogP contribution in [0.25, 0.3) is 0 Å². The van der Waals surface area contributed by atoms with Gasteiger partial charge in [-0.15, -0.1) is 11.6 Å². The molecular formula is C18H17Cl2NO4. The Labute approximate surface area is 156 Å². The Balaban J connectivity index is 2.29. The fraction of sp³-hybridized carbons (Fsp3) is 0.222. The van der Waals surface area contributed by atoms with Crippen molar-refractivity contribution in [3.05, 3.63) is 58.6 Å². The molecule has 0 unspecified atom stereocenters. The van der Waals surface area contributed by atoms with E-state index in [9.17, 15) is 9.59 Å². The number of benzene rings is 2. The van der Waals surface area contributed by atoms with Gasteiger partial charge in [0.2, 0.25) is 5.91 Å². The summed E-state index contributed by atoms with van der Waals surface area (Å²) >= 11 is 11.9. The number of hydrogen-bond donors (Lipinski definition) is 0. The smallest absolute Gasteiger partial charge is 0.337 e. The first-order valence-corrected chi connectivity index (χ1v) is 8.28. The number of alkyl halides is 1. The highest BCUT2D eigenvalue weighted by molar-refractivity contribution is 6.32. The minimum atomic E-state index is -0.441. The summed E-state index contributed by atoms with van der Waals surface area (Å²) in [4.78, 5) is 25.3. The van der Waals surface area contributed by atoms with E-state index in [2.05, 4.69) is 4.74 Å². The van der Waals surface area contributed by atoms with Crippen molar-refractivity contribution in [1.29, 1.82) is 0 Å². The highest BCUT2D eigenvalue weighted by Crippen LogP contribution is 2.27. The molecule has 25 heavy (non-hydrogen) atoms. The summed E-state index contributed by atoms with van der Waals surface area (Å²) in [5.41, 5.74) is 1.84. The number of esters is 1. The molecule has 0 aliphatic carbocycles. The molecule has 2 aromatic rings. The Morgan fingerprint density at radius 3 is 2.28 bits per heavy atom. The number of nitrogens with zero attached hydrogens (tertiary/aromatic N) is 1. The lowest BCUT2D eigenvalue weighted by atomic mass is 10.1. The van der Waals surface area contributed by atoms with Crippen LogP contribution in [0.15, 0.2) is 42.5 Å². The van der Waals surface area contributed by atoms with Gasteiger partial charge >= 0.3 is 5.97 Å². The van der Waals surface area contributed by atoms with Crippen LogP contribution in [-0.2, 0) is 16.1 Å². The van der Waals surface area contributed by atoms with Gasteiger partial charge in [0.05, 0.1) is 31.4 Å². The van der Waals surface area contributed by atoms with Crippen LogP contribution >= 0.6 is 23.2 Å². The van der Waals surface area contributed by atoms with Crippen LogP contribution in [0.5, 0.6) is 5.75 Å². The summed E-state index contributed by atoms with van der Waals surface area (Å²) in [6, 6.07) is 11.8. The number of ether oxygens (including phenoxy) is 2. The monoisotopic (exact) mass is 381 g/mol. The van der Waals surface area contributed by atoms with Crippen molar-refractivity contribution in [1.82, 2.24) is 0 Å². The molecule has 0 atom stereocenters. The van der Waals surface area contributed by atoms with Crippen LogP contribution in [0.4, 0.5) is 5.69 Å². The number of anilines is 1. The first kappa shape index (κ1) is 19.1. The Hall–Kier alpha value is -2.24. The van der Waals surface area contributed by atoms with E-state index in [-0.39, 0.29) is 18.3 Å². The lowest BCUT2D eigenvalue weighted by molar-refractivity contribution is -0.116. The Morgan fingerprint density at radius 1 is 1.08 bits per heavy atom. The lowest BCUT2D eigenvalue weighted by Gasteiger charge is -2.22. The number of carbonyl (C=O) groups is 2. The summed E-state index contributed by atoms with van der Waals surface area (Å²) in [5, 5.41) is 0.458. The number of hydrogen-bond acceptors (Lipinski definition) is 4. The van der Waals surface area contributed by atoms with E-state index in [1.807, 2.05) is 6.07 Å². The highest BCUT2D eigenvalue weighted by atomic mass is 35.5. The van der Waals surface area contributed by atoms with E-state index in [0.29, 0.717) is 22.0 Å². The van der Waals surface area contributed by atoms with Gasteiger partial charge in [-0.2, -0.15) is 0 Å². The molecule has 2 rings (SSSR count). The number of methoxy groups -OCH3 is 2. The number of halogens is 2. The maximum absolute atomic E-state index is 12.2. The van der Waals surface area contributed by atoms with Crippen LogP contribution < -0.4 is 9.64 Å². The van der Waals surface area contributed by atoms with Crippen molar-refractivity contribution in [2.45, 2.75) is 6.54 Å². The molecule has 0 radical (unpaired) electrons. The minimum Gasteiger partial charge on any atom is -0.495 e. The molecule has 1 amide bonds. The van der Waals surface area contributed by atoms with Crippen molar-refractivity contribution >= 4 is 40.8 Å².